The third-order valence-corrected chi connectivity index (χ3v) is 4.84. The van der Waals surface area contributed by atoms with Gasteiger partial charge in [0.05, 0.1) is 13.2 Å². The minimum absolute atomic E-state index is 0.398. The number of aryl methyl sites for hydroxylation is 1. The number of benzene rings is 2. The van der Waals surface area contributed by atoms with Crippen molar-refractivity contribution in [3.63, 3.8) is 0 Å². The zero-order valence-electron chi connectivity index (χ0n) is 17.6. The largest absolute Gasteiger partial charge is 0.479 e. The van der Waals surface area contributed by atoms with E-state index in [1.165, 1.54) is 6.92 Å². The van der Waals surface area contributed by atoms with Crippen molar-refractivity contribution in [2.24, 2.45) is 0 Å². The lowest BCUT2D eigenvalue weighted by Crippen LogP contribution is -2.36. The van der Waals surface area contributed by atoms with Gasteiger partial charge in [0.2, 0.25) is 0 Å². The van der Waals surface area contributed by atoms with Gasteiger partial charge in [0.15, 0.2) is 12.2 Å². The molecule has 1 heterocycles. The lowest BCUT2D eigenvalue weighted by Gasteiger charge is -2.29. The summed E-state index contributed by atoms with van der Waals surface area (Å²) in [5, 5.41) is 2.77. The molecule has 160 valence electrons. The molecule has 0 aliphatic carbocycles. The summed E-state index contributed by atoms with van der Waals surface area (Å²) in [7, 11) is 0. The van der Waals surface area contributed by atoms with Crippen molar-refractivity contribution >= 4 is 23.3 Å². The molecular formula is C23H28N2O5. The second kappa shape index (κ2) is 10.1. The van der Waals surface area contributed by atoms with Crippen LogP contribution in [-0.2, 0) is 19.1 Å². The highest BCUT2D eigenvalue weighted by Crippen LogP contribution is 2.19. The minimum Gasteiger partial charge on any atom is -0.479 e. The van der Waals surface area contributed by atoms with Crippen LogP contribution in [0, 0.1) is 6.92 Å². The number of rotatable bonds is 7. The highest BCUT2D eigenvalue weighted by molar-refractivity contribution is 5.95. The SMILES string of the molecule is Cc1ccc(OC(C)C(=O)OC(C)C(=O)Nc2ccc(N3CCOCC3)cc2)cc1. The molecule has 7 heteroatoms. The van der Waals surface area contributed by atoms with Gasteiger partial charge in [-0.15, -0.1) is 0 Å². The van der Waals surface area contributed by atoms with Crippen LogP contribution < -0.4 is 15.0 Å². The zero-order valence-corrected chi connectivity index (χ0v) is 17.6. The standard InChI is InChI=1S/C23H28N2O5/c1-16-4-10-21(11-5-16)29-18(3)23(27)30-17(2)22(26)24-19-6-8-20(9-7-19)25-12-14-28-15-13-25/h4-11,17-18H,12-15H2,1-3H3,(H,24,26). The molecule has 0 aromatic heterocycles. The van der Waals surface area contributed by atoms with Crippen molar-refractivity contribution in [1.82, 2.24) is 0 Å². The first-order valence-electron chi connectivity index (χ1n) is 10.1. The van der Waals surface area contributed by atoms with E-state index in [1.807, 2.05) is 43.3 Å². The van der Waals surface area contributed by atoms with E-state index in [0.29, 0.717) is 24.7 Å². The first kappa shape index (κ1) is 21.6. The Morgan fingerprint density at radius 3 is 2.23 bits per heavy atom. The average Bonchev–Trinajstić information content (AvgIpc) is 2.76. The van der Waals surface area contributed by atoms with Crippen molar-refractivity contribution in [1.29, 1.82) is 0 Å². The van der Waals surface area contributed by atoms with E-state index in [-0.39, 0.29) is 0 Å². The maximum atomic E-state index is 12.4. The van der Waals surface area contributed by atoms with Gasteiger partial charge < -0.3 is 24.4 Å². The highest BCUT2D eigenvalue weighted by Gasteiger charge is 2.23. The Morgan fingerprint density at radius 2 is 1.60 bits per heavy atom. The number of amides is 1. The Hall–Kier alpha value is -3.06. The lowest BCUT2D eigenvalue weighted by molar-refractivity contribution is -0.159. The summed E-state index contributed by atoms with van der Waals surface area (Å²) >= 11 is 0. The summed E-state index contributed by atoms with van der Waals surface area (Å²) in [5.41, 5.74) is 2.82. The fraction of sp³-hybridized carbons (Fsp3) is 0.391. The second-order valence-electron chi connectivity index (χ2n) is 7.29. The molecule has 0 radical (unpaired) electrons. The number of nitrogens with one attached hydrogen (secondary N) is 1. The summed E-state index contributed by atoms with van der Waals surface area (Å²) in [6, 6.07) is 14.9. The molecule has 7 nitrogen and oxygen atoms in total. The molecule has 0 saturated carbocycles. The molecule has 2 atom stereocenters. The number of esters is 1. The number of carbonyl (C=O) groups excluding carboxylic acids is 2. The van der Waals surface area contributed by atoms with Crippen LogP contribution in [-0.4, -0.2) is 50.4 Å². The maximum Gasteiger partial charge on any atom is 0.347 e. The summed E-state index contributed by atoms with van der Waals surface area (Å²) in [4.78, 5) is 26.9. The van der Waals surface area contributed by atoms with Gasteiger partial charge in [-0.05, 0) is 57.2 Å². The van der Waals surface area contributed by atoms with Crippen LogP contribution in [0.1, 0.15) is 19.4 Å². The van der Waals surface area contributed by atoms with Crippen LogP contribution in [0.15, 0.2) is 48.5 Å². The van der Waals surface area contributed by atoms with E-state index >= 15 is 0 Å². The number of anilines is 2. The summed E-state index contributed by atoms with van der Waals surface area (Å²) in [6.45, 7) is 8.23. The van der Waals surface area contributed by atoms with Gasteiger partial charge in [0, 0.05) is 24.5 Å². The molecule has 2 aromatic rings. The first-order valence-corrected chi connectivity index (χ1v) is 10.1. The maximum absolute atomic E-state index is 12.4. The van der Waals surface area contributed by atoms with Gasteiger partial charge in [-0.25, -0.2) is 4.79 Å². The molecule has 3 rings (SSSR count). The highest BCUT2D eigenvalue weighted by atomic mass is 16.6. The van der Waals surface area contributed by atoms with Crippen molar-refractivity contribution in [2.75, 3.05) is 36.5 Å². The second-order valence-corrected chi connectivity index (χ2v) is 7.29. The summed E-state index contributed by atoms with van der Waals surface area (Å²) in [6.07, 6.45) is -1.77. The molecule has 0 spiro atoms. The Bertz CT molecular complexity index is 845. The van der Waals surface area contributed by atoms with Crippen LogP contribution in [0.4, 0.5) is 11.4 Å². The number of morpholine rings is 1. The molecule has 1 aliphatic heterocycles. The number of ether oxygens (including phenoxy) is 3. The lowest BCUT2D eigenvalue weighted by atomic mass is 10.2. The fourth-order valence-electron chi connectivity index (χ4n) is 3.01. The molecular weight excluding hydrogens is 384 g/mol. The van der Waals surface area contributed by atoms with Gasteiger partial charge in [0.1, 0.15) is 5.75 Å². The number of hydrogen-bond donors (Lipinski definition) is 1. The van der Waals surface area contributed by atoms with Gasteiger partial charge in [-0.1, -0.05) is 17.7 Å². The Labute approximate surface area is 176 Å². The van der Waals surface area contributed by atoms with Gasteiger partial charge in [-0.3, -0.25) is 4.79 Å². The minimum atomic E-state index is -0.944. The topological polar surface area (TPSA) is 77.1 Å². The van der Waals surface area contributed by atoms with E-state index in [4.69, 9.17) is 14.2 Å². The Morgan fingerprint density at radius 1 is 0.967 bits per heavy atom. The first-order chi connectivity index (χ1) is 14.4. The van der Waals surface area contributed by atoms with Crippen molar-refractivity contribution in [2.45, 2.75) is 33.0 Å². The van der Waals surface area contributed by atoms with Crippen LogP contribution in [0.2, 0.25) is 0 Å². The summed E-state index contributed by atoms with van der Waals surface area (Å²) in [5.74, 6) is -0.423. The molecule has 1 amide bonds. The molecule has 2 unspecified atom stereocenters. The molecule has 2 aromatic carbocycles. The van der Waals surface area contributed by atoms with E-state index in [2.05, 4.69) is 10.2 Å². The van der Waals surface area contributed by atoms with Gasteiger partial charge >= 0.3 is 5.97 Å². The molecule has 30 heavy (non-hydrogen) atoms. The van der Waals surface area contributed by atoms with Gasteiger partial charge in [-0.2, -0.15) is 0 Å². The van der Waals surface area contributed by atoms with Crippen molar-refractivity contribution < 1.29 is 23.8 Å². The normalized spacial score (nSPS) is 15.8. The third kappa shape index (κ3) is 5.97. The Balaban J connectivity index is 1.48. The van der Waals surface area contributed by atoms with Crippen LogP contribution in [0.25, 0.3) is 0 Å². The summed E-state index contributed by atoms with van der Waals surface area (Å²) < 4.78 is 16.2. The fourth-order valence-corrected chi connectivity index (χ4v) is 3.01. The van der Waals surface area contributed by atoms with Crippen LogP contribution in [0.5, 0.6) is 5.75 Å². The third-order valence-electron chi connectivity index (χ3n) is 4.84. The van der Waals surface area contributed by atoms with Crippen LogP contribution >= 0.6 is 0 Å². The van der Waals surface area contributed by atoms with E-state index in [9.17, 15) is 9.59 Å². The van der Waals surface area contributed by atoms with Crippen molar-refractivity contribution in [3.05, 3.63) is 54.1 Å². The average molecular weight is 412 g/mol. The molecule has 0 bridgehead atoms. The molecule has 1 N–H and O–H groups in total. The molecule has 1 fully saturated rings. The van der Waals surface area contributed by atoms with Crippen molar-refractivity contribution in [3.8, 4) is 5.75 Å². The number of nitrogens with zero attached hydrogens (tertiary/aromatic N) is 1. The predicted octanol–water partition coefficient (Wildman–Crippen LogP) is 3.17. The van der Waals surface area contributed by atoms with E-state index in [0.717, 1.165) is 24.3 Å². The number of hydrogen-bond acceptors (Lipinski definition) is 6. The monoisotopic (exact) mass is 412 g/mol. The Kier molecular flexibility index (Phi) is 7.30. The van der Waals surface area contributed by atoms with Crippen LogP contribution in [0.3, 0.4) is 0 Å². The van der Waals surface area contributed by atoms with E-state index < -0.39 is 24.1 Å². The number of carbonyl (C=O) groups is 2. The molecule has 1 saturated heterocycles. The predicted molar refractivity (Wildman–Crippen MR) is 115 cm³/mol. The van der Waals surface area contributed by atoms with E-state index in [1.54, 1.807) is 19.1 Å². The molecule has 1 aliphatic rings. The quantitative estimate of drug-likeness (QED) is 0.704. The van der Waals surface area contributed by atoms with Gasteiger partial charge in [0.25, 0.3) is 5.91 Å². The smallest absolute Gasteiger partial charge is 0.347 e. The zero-order chi connectivity index (χ0) is 21.5.